The maximum Gasteiger partial charge on any atom is 0.330 e. The van der Waals surface area contributed by atoms with E-state index in [4.69, 9.17) is 14.9 Å². The molecule has 4 aromatic rings. The van der Waals surface area contributed by atoms with Crippen molar-refractivity contribution >= 4 is 23.5 Å². The van der Waals surface area contributed by atoms with E-state index in [0.717, 1.165) is 11.1 Å². The second-order valence-electron chi connectivity index (χ2n) is 7.68. The van der Waals surface area contributed by atoms with Crippen LogP contribution in [-0.4, -0.2) is 22.6 Å². The van der Waals surface area contributed by atoms with E-state index in [9.17, 15) is 14.4 Å². The van der Waals surface area contributed by atoms with Crippen molar-refractivity contribution in [2.45, 2.75) is 13.1 Å². The molecule has 0 saturated carbocycles. The zero-order valence-corrected chi connectivity index (χ0v) is 19.0. The summed E-state index contributed by atoms with van der Waals surface area (Å²) in [4.78, 5) is 42.3. The largest absolute Gasteiger partial charge is 0.497 e. The molecule has 1 amide bonds. The van der Waals surface area contributed by atoms with Crippen molar-refractivity contribution in [3.05, 3.63) is 117 Å². The molecule has 0 radical (unpaired) electrons. The first-order valence-electron chi connectivity index (χ1n) is 10.8. The summed E-state index contributed by atoms with van der Waals surface area (Å²) in [6.07, 6.45) is 4.39. The number of aromatic amines is 1. The van der Waals surface area contributed by atoms with Crippen molar-refractivity contribution in [2.75, 3.05) is 17.7 Å². The Labute approximate surface area is 200 Å². The molecular weight excluding hydrogens is 448 g/mol. The minimum Gasteiger partial charge on any atom is -0.497 e. The molecule has 3 N–H and O–H groups in total. The lowest BCUT2D eigenvalue weighted by Crippen LogP contribution is -2.40. The number of amides is 1. The summed E-state index contributed by atoms with van der Waals surface area (Å²) in [5.41, 5.74) is 6.28. The fraction of sp³-hybridized carbons (Fsp3) is 0.115. The van der Waals surface area contributed by atoms with E-state index in [2.05, 4.69) is 4.98 Å². The highest BCUT2D eigenvalue weighted by Crippen LogP contribution is 2.22. The lowest BCUT2D eigenvalue weighted by molar-refractivity contribution is -0.114. The Morgan fingerprint density at radius 2 is 1.91 bits per heavy atom. The third kappa shape index (κ3) is 5.41. The molecule has 35 heavy (non-hydrogen) atoms. The zero-order valence-electron chi connectivity index (χ0n) is 19.0. The van der Waals surface area contributed by atoms with E-state index in [1.807, 2.05) is 36.4 Å². The van der Waals surface area contributed by atoms with Crippen molar-refractivity contribution in [1.82, 2.24) is 9.55 Å². The number of ether oxygens (including phenoxy) is 1. The quantitative estimate of drug-likeness (QED) is 0.380. The molecule has 0 aliphatic heterocycles. The SMILES string of the molecule is COc1cccc(/C=C\C(=O)N(Cc2ccco2)c2c(N)n(Cc3ccccc3)c(=O)[nH]c2=O)c1. The highest BCUT2D eigenvalue weighted by molar-refractivity contribution is 6.05. The number of rotatable bonds is 8. The van der Waals surface area contributed by atoms with Crippen molar-refractivity contribution in [3.63, 3.8) is 0 Å². The number of nitrogens with two attached hydrogens (primary N) is 1. The van der Waals surface area contributed by atoms with Crippen LogP contribution in [0.5, 0.6) is 5.75 Å². The van der Waals surface area contributed by atoms with Crippen LogP contribution in [0.2, 0.25) is 0 Å². The Morgan fingerprint density at radius 1 is 1.11 bits per heavy atom. The normalized spacial score (nSPS) is 11.0. The Kier molecular flexibility index (Phi) is 6.96. The van der Waals surface area contributed by atoms with Crippen LogP contribution in [0.25, 0.3) is 6.08 Å². The second-order valence-corrected chi connectivity index (χ2v) is 7.68. The van der Waals surface area contributed by atoms with Crippen LogP contribution < -0.4 is 26.6 Å². The number of furan rings is 1. The second kappa shape index (κ2) is 10.4. The summed E-state index contributed by atoms with van der Waals surface area (Å²) in [7, 11) is 1.55. The molecular formula is C26H24N4O5. The summed E-state index contributed by atoms with van der Waals surface area (Å²) < 4.78 is 11.8. The number of hydrogen-bond donors (Lipinski definition) is 2. The van der Waals surface area contributed by atoms with Gasteiger partial charge in [0.15, 0.2) is 5.69 Å². The first-order chi connectivity index (χ1) is 17.0. The van der Waals surface area contributed by atoms with Gasteiger partial charge in [-0.15, -0.1) is 0 Å². The van der Waals surface area contributed by atoms with E-state index < -0.39 is 17.2 Å². The van der Waals surface area contributed by atoms with Gasteiger partial charge < -0.3 is 14.9 Å². The van der Waals surface area contributed by atoms with Gasteiger partial charge in [0.1, 0.15) is 17.3 Å². The third-order valence-electron chi connectivity index (χ3n) is 5.34. The van der Waals surface area contributed by atoms with Gasteiger partial charge in [0, 0.05) is 6.08 Å². The first-order valence-corrected chi connectivity index (χ1v) is 10.8. The molecule has 4 rings (SSSR count). The molecule has 2 heterocycles. The van der Waals surface area contributed by atoms with Crippen molar-refractivity contribution in [3.8, 4) is 5.75 Å². The molecule has 2 aromatic carbocycles. The minimum absolute atomic E-state index is 0.0644. The minimum atomic E-state index is -0.772. The smallest absolute Gasteiger partial charge is 0.330 e. The van der Waals surface area contributed by atoms with Crippen molar-refractivity contribution in [2.24, 2.45) is 0 Å². The maximum atomic E-state index is 13.3. The van der Waals surface area contributed by atoms with Crippen LogP contribution in [0.4, 0.5) is 11.5 Å². The number of nitrogens with one attached hydrogen (secondary N) is 1. The summed E-state index contributed by atoms with van der Waals surface area (Å²) in [6, 6.07) is 19.7. The molecule has 9 heteroatoms. The maximum absolute atomic E-state index is 13.3. The summed E-state index contributed by atoms with van der Waals surface area (Å²) in [6.45, 7) is 0.0584. The lowest BCUT2D eigenvalue weighted by atomic mass is 10.2. The predicted molar refractivity (Wildman–Crippen MR) is 133 cm³/mol. The molecule has 9 nitrogen and oxygen atoms in total. The van der Waals surface area contributed by atoms with Gasteiger partial charge in [-0.3, -0.25) is 24.0 Å². The van der Waals surface area contributed by atoms with Crippen LogP contribution >= 0.6 is 0 Å². The van der Waals surface area contributed by atoms with Crippen LogP contribution in [0.3, 0.4) is 0 Å². The van der Waals surface area contributed by atoms with Crippen molar-refractivity contribution < 1.29 is 13.9 Å². The molecule has 0 aliphatic carbocycles. The predicted octanol–water partition coefficient (Wildman–Crippen LogP) is 3.02. The number of aromatic nitrogens is 2. The number of benzene rings is 2. The lowest BCUT2D eigenvalue weighted by Gasteiger charge is -2.22. The standard InChI is InChI=1S/C26H24N4O5/c1-34-20-10-5-9-18(15-20)12-13-22(31)29(17-21-11-6-14-35-21)23-24(27)30(26(33)28-25(23)32)16-19-7-3-2-4-8-19/h2-15H,16-17,27H2,1H3,(H,28,32,33)/b13-12-. The average molecular weight is 473 g/mol. The number of nitrogen functional groups attached to an aromatic ring is 1. The van der Waals surface area contributed by atoms with Crippen LogP contribution in [0.1, 0.15) is 16.9 Å². The van der Waals surface area contributed by atoms with E-state index >= 15 is 0 Å². The first kappa shape index (κ1) is 23.4. The fourth-order valence-corrected chi connectivity index (χ4v) is 3.59. The number of anilines is 2. The Hall–Kier alpha value is -4.79. The topological polar surface area (TPSA) is 124 Å². The number of carbonyl (C=O) groups is 1. The van der Waals surface area contributed by atoms with Gasteiger partial charge in [0.2, 0.25) is 0 Å². The monoisotopic (exact) mass is 472 g/mol. The summed E-state index contributed by atoms with van der Waals surface area (Å²) >= 11 is 0. The highest BCUT2D eigenvalue weighted by Gasteiger charge is 2.24. The van der Waals surface area contributed by atoms with Crippen LogP contribution in [0, 0.1) is 0 Å². The third-order valence-corrected chi connectivity index (χ3v) is 5.34. The summed E-state index contributed by atoms with van der Waals surface area (Å²) in [5, 5.41) is 0. The number of carbonyl (C=O) groups excluding carboxylic acids is 1. The van der Waals surface area contributed by atoms with Crippen LogP contribution in [-0.2, 0) is 17.9 Å². The number of hydrogen-bond acceptors (Lipinski definition) is 6. The van der Waals surface area contributed by atoms with Gasteiger partial charge in [-0.2, -0.15) is 0 Å². The van der Waals surface area contributed by atoms with Gasteiger partial charge in [-0.1, -0.05) is 42.5 Å². The van der Waals surface area contributed by atoms with Gasteiger partial charge in [-0.25, -0.2) is 4.79 Å². The number of methoxy groups -OCH3 is 1. The fourth-order valence-electron chi connectivity index (χ4n) is 3.59. The van der Waals surface area contributed by atoms with Gasteiger partial charge in [0.25, 0.3) is 11.5 Å². The molecule has 0 fully saturated rings. The van der Waals surface area contributed by atoms with E-state index in [-0.39, 0.29) is 24.6 Å². The van der Waals surface area contributed by atoms with Gasteiger partial charge >= 0.3 is 5.69 Å². The molecule has 178 valence electrons. The van der Waals surface area contributed by atoms with Crippen molar-refractivity contribution in [1.29, 1.82) is 0 Å². The Morgan fingerprint density at radius 3 is 2.63 bits per heavy atom. The van der Waals surface area contributed by atoms with E-state index in [1.54, 1.807) is 43.5 Å². The Bertz CT molecular complexity index is 1450. The summed E-state index contributed by atoms with van der Waals surface area (Å²) in [5.74, 6) is 0.428. The average Bonchev–Trinajstić information content (AvgIpc) is 3.38. The molecule has 0 aliphatic rings. The number of H-pyrrole nitrogens is 1. The molecule has 0 spiro atoms. The Balaban J connectivity index is 1.75. The van der Waals surface area contributed by atoms with Gasteiger partial charge in [-0.05, 0) is 41.5 Å². The molecule has 0 unspecified atom stereocenters. The zero-order chi connectivity index (χ0) is 24.8. The van der Waals surface area contributed by atoms with E-state index in [1.165, 1.54) is 21.8 Å². The molecule has 0 bridgehead atoms. The molecule has 0 atom stereocenters. The van der Waals surface area contributed by atoms with E-state index in [0.29, 0.717) is 11.5 Å². The number of nitrogens with zero attached hydrogens (tertiary/aromatic N) is 2. The van der Waals surface area contributed by atoms with Crippen LogP contribution in [0.15, 0.2) is 93.1 Å². The highest BCUT2D eigenvalue weighted by atomic mass is 16.5. The molecule has 0 saturated heterocycles. The van der Waals surface area contributed by atoms with Gasteiger partial charge in [0.05, 0.1) is 26.5 Å². The molecule has 2 aromatic heterocycles.